The maximum Gasteiger partial charge on any atom is 0.162 e. The molecule has 3 heterocycles. The van der Waals surface area contributed by atoms with E-state index >= 15 is 0 Å². The first-order chi connectivity index (χ1) is 19.3. The molecule has 0 amide bonds. The number of rotatable bonds is 3. The molecule has 0 N–H and O–H groups in total. The van der Waals surface area contributed by atoms with E-state index in [9.17, 15) is 0 Å². The molecule has 0 aliphatic heterocycles. The number of para-hydroxylation sites is 1. The van der Waals surface area contributed by atoms with Gasteiger partial charge < -0.3 is 0 Å². The summed E-state index contributed by atoms with van der Waals surface area (Å²) >= 11 is 1.84. The normalized spacial score (nSPS) is 11.6. The van der Waals surface area contributed by atoms with Crippen LogP contribution in [0.4, 0.5) is 0 Å². The predicted octanol–water partition coefficient (Wildman–Crippen LogP) is 9.55. The minimum absolute atomic E-state index is 0.682. The number of aromatic nitrogens is 3. The van der Waals surface area contributed by atoms with Gasteiger partial charge in [-0.05, 0) is 41.5 Å². The van der Waals surface area contributed by atoms with Crippen molar-refractivity contribution in [2.45, 2.75) is 0 Å². The average molecular weight is 516 g/mol. The zero-order valence-electron chi connectivity index (χ0n) is 20.9. The molecule has 8 aromatic rings. The molecule has 0 bridgehead atoms. The second-order valence-corrected chi connectivity index (χ2v) is 10.7. The standard InChI is InChI=1S/C35H21N3S/c1-2-10-22(11-3-1)33-26-12-4-6-16-29(26)37-35(38-33)28-20-19-23(25-15-9-21-36-34(25)28)24-14-8-18-31-32(24)27-13-5-7-17-30(27)39-31/h1-21H. The average Bonchev–Trinajstić information content (AvgIpc) is 3.39. The number of pyridine rings is 1. The number of thiophene rings is 1. The summed E-state index contributed by atoms with van der Waals surface area (Å²) < 4.78 is 2.59. The van der Waals surface area contributed by atoms with Crippen LogP contribution in [0.25, 0.3) is 75.8 Å². The molecule has 3 aromatic heterocycles. The summed E-state index contributed by atoms with van der Waals surface area (Å²) in [5.41, 5.74) is 7.14. The monoisotopic (exact) mass is 515 g/mol. The second kappa shape index (κ2) is 8.83. The number of benzene rings is 5. The topological polar surface area (TPSA) is 38.7 Å². The van der Waals surface area contributed by atoms with Gasteiger partial charge in [0.2, 0.25) is 0 Å². The van der Waals surface area contributed by atoms with Crippen LogP contribution in [0, 0.1) is 0 Å². The fraction of sp³-hybridized carbons (Fsp3) is 0. The Balaban J connectivity index is 1.40. The number of hydrogen-bond donors (Lipinski definition) is 0. The Morgan fingerprint density at radius 1 is 0.487 bits per heavy atom. The van der Waals surface area contributed by atoms with Crippen LogP contribution in [-0.2, 0) is 0 Å². The Hall–Kier alpha value is -4.93. The van der Waals surface area contributed by atoms with E-state index in [0.29, 0.717) is 5.82 Å². The van der Waals surface area contributed by atoms with Gasteiger partial charge in [0.1, 0.15) is 0 Å². The number of hydrogen-bond acceptors (Lipinski definition) is 4. The third-order valence-corrected chi connectivity index (χ3v) is 8.49. The lowest BCUT2D eigenvalue weighted by Gasteiger charge is -2.13. The van der Waals surface area contributed by atoms with Crippen LogP contribution in [0.1, 0.15) is 0 Å². The Kier molecular flexibility index (Phi) is 5.00. The molecule has 8 rings (SSSR count). The molecule has 182 valence electrons. The van der Waals surface area contributed by atoms with Crippen molar-refractivity contribution in [3.8, 4) is 33.8 Å². The lowest BCUT2D eigenvalue weighted by atomic mass is 9.94. The molecule has 0 spiro atoms. The smallest absolute Gasteiger partial charge is 0.162 e. The highest BCUT2D eigenvalue weighted by Gasteiger charge is 2.18. The van der Waals surface area contributed by atoms with E-state index in [1.807, 2.05) is 53.9 Å². The summed E-state index contributed by atoms with van der Waals surface area (Å²) in [6, 6.07) is 42.3. The van der Waals surface area contributed by atoms with Crippen molar-refractivity contribution in [2.24, 2.45) is 0 Å². The lowest BCUT2D eigenvalue weighted by molar-refractivity contribution is 1.23. The number of nitrogens with zero attached hydrogens (tertiary/aromatic N) is 3. The molecule has 0 fully saturated rings. The highest BCUT2D eigenvalue weighted by Crippen LogP contribution is 2.43. The lowest BCUT2D eigenvalue weighted by Crippen LogP contribution is -1.97. The maximum atomic E-state index is 5.13. The summed E-state index contributed by atoms with van der Waals surface area (Å²) in [4.78, 5) is 15.0. The van der Waals surface area contributed by atoms with Crippen LogP contribution in [0.15, 0.2) is 128 Å². The maximum absolute atomic E-state index is 5.13. The van der Waals surface area contributed by atoms with Gasteiger partial charge in [-0.1, -0.05) is 91.0 Å². The minimum Gasteiger partial charge on any atom is -0.255 e. The first kappa shape index (κ1) is 22.1. The van der Waals surface area contributed by atoms with Crippen molar-refractivity contribution in [3.63, 3.8) is 0 Å². The first-order valence-electron chi connectivity index (χ1n) is 13.0. The zero-order valence-corrected chi connectivity index (χ0v) is 21.7. The van der Waals surface area contributed by atoms with Crippen LogP contribution in [0.2, 0.25) is 0 Å². The molecule has 3 nitrogen and oxygen atoms in total. The third kappa shape index (κ3) is 3.53. The molecule has 0 aliphatic rings. The second-order valence-electron chi connectivity index (χ2n) is 9.62. The molecule has 0 atom stereocenters. The molecular weight excluding hydrogens is 494 g/mol. The van der Waals surface area contributed by atoms with Crippen molar-refractivity contribution in [1.82, 2.24) is 15.0 Å². The fourth-order valence-electron chi connectivity index (χ4n) is 5.60. The summed E-state index contributed by atoms with van der Waals surface area (Å²) in [6.45, 7) is 0. The third-order valence-electron chi connectivity index (χ3n) is 7.35. The van der Waals surface area contributed by atoms with Gasteiger partial charge in [0.25, 0.3) is 0 Å². The van der Waals surface area contributed by atoms with Gasteiger partial charge >= 0.3 is 0 Å². The van der Waals surface area contributed by atoms with Crippen molar-refractivity contribution in [3.05, 3.63) is 128 Å². The van der Waals surface area contributed by atoms with Crippen LogP contribution in [0.5, 0.6) is 0 Å². The van der Waals surface area contributed by atoms with Gasteiger partial charge in [-0.15, -0.1) is 11.3 Å². The van der Waals surface area contributed by atoms with E-state index < -0.39 is 0 Å². The van der Waals surface area contributed by atoms with Crippen molar-refractivity contribution in [1.29, 1.82) is 0 Å². The van der Waals surface area contributed by atoms with Gasteiger partial charge in [0.05, 0.1) is 16.7 Å². The van der Waals surface area contributed by atoms with E-state index in [0.717, 1.165) is 38.6 Å². The highest BCUT2D eigenvalue weighted by molar-refractivity contribution is 7.25. The van der Waals surface area contributed by atoms with E-state index in [1.54, 1.807) is 0 Å². The summed E-state index contributed by atoms with van der Waals surface area (Å²) in [7, 11) is 0. The quantitative estimate of drug-likeness (QED) is 0.235. The molecular formula is C35H21N3S. The fourth-order valence-corrected chi connectivity index (χ4v) is 6.73. The molecule has 4 heteroatoms. The molecule has 5 aromatic carbocycles. The molecule has 0 radical (unpaired) electrons. The highest BCUT2D eigenvalue weighted by atomic mass is 32.1. The molecule has 39 heavy (non-hydrogen) atoms. The van der Waals surface area contributed by atoms with Crippen LogP contribution in [0.3, 0.4) is 0 Å². The van der Waals surface area contributed by atoms with Gasteiger partial charge in [0.15, 0.2) is 5.82 Å². The summed E-state index contributed by atoms with van der Waals surface area (Å²) in [5.74, 6) is 0.682. The number of fused-ring (bicyclic) bond motifs is 5. The van der Waals surface area contributed by atoms with Crippen molar-refractivity contribution in [2.75, 3.05) is 0 Å². The van der Waals surface area contributed by atoms with E-state index in [1.165, 1.54) is 31.3 Å². The van der Waals surface area contributed by atoms with Crippen molar-refractivity contribution >= 4 is 53.3 Å². The molecule has 0 saturated carbocycles. The summed E-state index contributed by atoms with van der Waals surface area (Å²) in [6.07, 6.45) is 1.86. The molecule has 0 aliphatic carbocycles. The largest absolute Gasteiger partial charge is 0.255 e. The Morgan fingerprint density at radius 2 is 1.23 bits per heavy atom. The molecule has 0 saturated heterocycles. The summed E-state index contributed by atoms with van der Waals surface area (Å²) in [5, 5.41) is 4.72. The van der Waals surface area contributed by atoms with Gasteiger partial charge in [0, 0.05) is 48.3 Å². The van der Waals surface area contributed by atoms with Crippen LogP contribution in [-0.4, -0.2) is 15.0 Å². The van der Waals surface area contributed by atoms with Crippen LogP contribution >= 0.6 is 11.3 Å². The Bertz CT molecular complexity index is 2180. The van der Waals surface area contributed by atoms with E-state index in [2.05, 4.69) is 84.9 Å². The first-order valence-corrected chi connectivity index (χ1v) is 13.8. The van der Waals surface area contributed by atoms with E-state index in [-0.39, 0.29) is 0 Å². The predicted molar refractivity (Wildman–Crippen MR) is 164 cm³/mol. The SMILES string of the molecule is c1ccc(-c2nc(-c3ccc(-c4cccc5sc6ccccc6c45)c4cccnc34)nc3ccccc23)cc1. The van der Waals surface area contributed by atoms with Gasteiger partial charge in [-0.2, -0.15) is 0 Å². The van der Waals surface area contributed by atoms with E-state index in [4.69, 9.17) is 15.0 Å². The Labute approximate surface area is 229 Å². The molecule has 0 unspecified atom stereocenters. The minimum atomic E-state index is 0.682. The Morgan fingerprint density at radius 3 is 2.15 bits per heavy atom. The van der Waals surface area contributed by atoms with Gasteiger partial charge in [-0.25, -0.2) is 9.97 Å². The van der Waals surface area contributed by atoms with Crippen molar-refractivity contribution < 1.29 is 0 Å². The zero-order chi connectivity index (χ0) is 25.8. The van der Waals surface area contributed by atoms with Crippen LogP contribution < -0.4 is 0 Å². The van der Waals surface area contributed by atoms with Gasteiger partial charge in [-0.3, -0.25) is 4.98 Å².